The maximum Gasteiger partial charge on any atom is 0.412 e. The van der Waals surface area contributed by atoms with Crippen molar-refractivity contribution in [3.05, 3.63) is 29.6 Å². The molecule has 0 N–H and O–H groups in total. The van der Waals surface area contributed by atoms with Crippen molar-refractivity contribution < 1.29 is 13.2 Å². The molecular formula is C13H12ClF3N2. The van der Waals surface area contributed by atoms with E-state index in [1.165, 1.54) is 4.57 Å². The molecule has 0 unspecified atom stereocenters. The molecule has 2 nitrogen and oxygen atoms in total. The fourth-order valence-corrected chi connectivity index (χ4v) is 2.73. The van der Waals surface area contributed by atoms with E-state index in [0.717, 1.165) is 5.56 Å². The molecule has 0 spiro atoms. The fraction of sp³-hybridized carbons (Fsp3) is 0.462. The van der Waals surface area contributed by atoms with Crippen molar-refractivity contribution in [3.8, 4) is 0 Å². The van der Waals surface area contributed by atoms with Gasteiger partial charge in [-0.15, -0.1) is 11.6 Å². The van der Waals surface area contributed by atoms with E-state index in [1.54, 1.807) is 12.1 Å². The lowest BCUT2D eigenvalue weighted by atomic mass is 10.2. The molecule has 1 saturated carbocycles. The average molecular weight is 289 g/mol. The van der Waals surface area contributed by atoms with Gasteiger partial charge in [0.2, 0.25) is 0 Å². The second kappa shape index (κ2) is 3.88. The summed E-state index contributed by atoms with van der Waals surface area (Å²) >= 11 is 5.78. The molecule has 1 aliphatic rings. The molecule has 0 bridgehead atoms. The summed E-state index contributed by atoms with van der Waals surface area (Å²) in [5.74, 6) is 0.267. The van der Waals surface area contributed by atoms with E-state index in [1.807, 2.05) is 13.0 Å². The fourth-order valence-electron chi connectivity index (χ4n) is 2.55. The predicted molar refractivity (Wildman–Crippen MR) is 67.3 cm³/mol. The predicted octanol–water partition coefficient (Wildman–Crippen LogP) is 4.13. The molecule has 6 heteroatoms. The number of fused-ring (bicyclic) bond motifs is 1. The lowest BCUT2D eigenvalue weighted by Crippen LogP contribution is -2.35. The van der Waals surface area contributed by atoms with Crippen molar-refractivity contribution in [2.24, 2.45) is 0 Å². The van der Waals surface area contributed by atoms with E-state index in [-0.39, 0.29) is 24.5 Å². The van der Waals surface area contributed by atoms with Crippen molar-refractivity contribution in [1.82, 2.24) is 9.55 Å². The minimum Gasteiger partial charge on any atom is -0.311 e. The number of aryl methyl sites for hydroxylation is 1. The SMILES string of the molecule is Cc1ccc2nc(CCl)n(C3(C(F)(F)F)CC3)c2c1. The summed E-state index contributed by atoms with van der Waals surface area (Å²) in [6.45, 7) is 1.85. The lowest BCUT2D eigenvalue weighted by Gasteiger charge is -2.23. The first-order chi connectivity index (χ1) is 8.89. The Labute approximate surface area is 113 Å². The molecule has 1 aromatic carbocycles. The van der Waals surface area contributed by atoms with Crippen LogP contribution >= 0.6 is 11.6 Å². The molecule has 0 saturated heterocycles. The Hall–Kier alpha value is -1.23. The van der Waals surface area contributed by atoms with Crippen LogP contribution in [0.2, 0.25) is 0 Å². The summed E-state index contributed by atoms with van der Waals surface area (Å²) in [6.07, 6.45) is -4.08. The minimum absolute atomic E-state index is 0.0223. The lowest BCUT2D eigenvalue weighted by molar-refractivity contribution is -0.179. The summed E-state index contributed by atoms with van der Waals surface area (Å²) in [5, 5.41) is 0. The molecule has 1 aliphatic carbocycles. The number of aromatic nitrogens is 2. The van der Waals surface area contributed by atoms with Gasteiger partial charge in [-0.25, -0.2) is 4.98 Å². The third kappa shape index (κ3) is 1.75. The summed E-state index contributed by atoms with van der Waals surface area (Å²) in [5.41, 5.74) is 0.190. The number of nitrogens with zero attached hydrogens (tertiary/aromatic N) is 2. The zero-order valence-corrected chi connectivity index (χ0v) is 11.0. The van der Waals surface area contributed by atoms with E-state index in [4.69, 9.17) is 11.6 Å². The Balaban J connectivity index is 2.30. The topological polar surface area (TPSA) is 17.8 Å². The zero-order valence-electron chi connectivity index (χ0n) is 10.3. The molecule has 1 aromatic heterocycles. The van der Waals surface area contributed by atoms with Crippen LogP contribution in [0.3, 0.4) is 0 Å². The number of hydrogen-bond donors (Lipinski definition) is 0. The Morgan fingerprint density at radius 2 is 2.05 bits per heavy atom. The molecule has 102 valence electrons. The highest BCUT2D eigenvalue weighted by Crippen LogP contribution is 2.57. The second-order valence-electron chi connectivity index (χ2n) is 5.02. The quantitative estimate of drug-likeness (QED) is 0.760. The monoisotopic (exact) mass is 288 g/mol. The molecule has 1 fully saturated rings. The van der Waals surface area contributed by atoms with Gasteiger partial charge in [0.25, 0.3) is 0 Å². The summed E-state index contributed by atoms with van der Waals surface area (Å²) in [6, 6.07) is 5.32. The van der Waals surface area contributed by atoms with Crippen LogP contribution in [0, 0.1) is 6.92 Å². The Morgan fingerprint density at radius 3 is 2.58 bits per heavy atom. The first-order valence-corrected chi connectivity index (χ1v) is 6.54. The number of rotatable bonds is 2. The van der Waals surface area contributed by atoms with Gasteiger partial charge in [-0.2, -0.15) is 13.2 Å². The maximum atomic E-state index is 13.3. The number of imidazole rings is 1. The highest BCUT2D eigenvalue weighted by molar-refractivity contribution is 6.16. The third-order valence-corrected chi connectivity index (χ3v) is 3.92. The van der Waals surface area contributed by atoms with Crippen LogP contribution in [-0.2, 0) is 11.4 Å². The molecule has 0 radical (unpaired) electrons. The van der Waals surface area contributed by atoms with Crippen molar-refractivity contribution >= 4 is 22.6 Å². The highest BCUT2D eigenvalue weighted by atomic mass is 35.5. The second-order valence-corrected chi connectivity index (χ2v) is 5.29. The van der Waals surface area contributed by atoms with Gasteiger partial charge in [-0.3, -0.25) is 0 Å². The highest BCUT2D eigenvalue weighted by Gasteiger charge is 2.65. The number of hydrogen-bond acceptors (Lipinski definition) is 1. The van der Waals surface area contributed by atoms with Crippen molar-refractivity contribution in [3.63, 3.8) is 0 Å². The van der Waals surface area contributed by atoms with Gasteiger partial charge < -0.3 is 4.57 Å². The van der Waals surface area contributed by atoms with Crippen LogP contribution in [0.25, 0.3) is 11.0 Å². The van der Waals surface area contributed by atoms with Crippen LogP contribution in [0.15, 0.2) is 18.2 Å². The van der Waals surface area contributed by atoms with Crippen molar-refractivity contribution in [1.29, 1.82) is 0 Å². The van der Waals surface area contributed by atoms with Gasteiger partial charge in [0.15, 0.2) is 0 Å². The normalized spacial score (nSPS) is 17.9. The Morgan fingerprint density at radius 1 is 1.37 bits per heavy atom. The smallest absolute Gasteiger partial charge is 0.311 e. The van der Waals surface area contributed by atoms with E-state index in [0.29, 0.717) is 11.0 Å². The van der Waals surface area contributed by atoms with Gasteiger partial charge in [0.05, 0.1) is 16.9 Å². The van der Waals surface area contributed by atoms with Crippen LogP contribution in [0.4, 0.5) is 13.2 Å². The van der Waals surface area contributed by atoms with Gasteiger partial charge in [0.1, 0.15) is 11.4 Å². The molecule has 0 amide bonds. The van der Waals surface area contributed by atoms with E-state index in [2.05, 4.69) is 4.98 Å². The van der Waals surface area contributed by atoms with Crippen LogP contribution in [0.5, 0.6) is 0 Å². The van der Waals surface area contributed by atoms with Crippen molar-refractivity contribution in [2.75, 3.05) is 0 Å². The first-order valence-electron chi connectivity index (χ1n) is 6.00. The Bertz CT molecular complexity index is 641. The molecule has 3 rings (SSSR count). The number of alkyl halides is 4. The molecule has 1 heterocycles. The van der Waals surface area contributed by atoms with E-state index >= 15 is 0 Å². The largest absolute Gasteiger partial charge is 0.412 e. The van der Waals surface area contributed by atoms with Gasteiger partial charge in [-0.1, -0.05) is 6.07 Å². The summed E-state index contributed by atoms with van der Waals surface area (Å²) < 4.78 is 41.2. The van der Waals surface area contributed by atoms with Gasteiger partial charge in [-0.05, 0) is 37.5 Å². The van der Waals surface area contributed by atoms with E-state index in [9.17, 15) is 13.2 Å². The molecule has 19 heavy (non-hydrogen) atoms. The standard InChI is InChI=1S/C13H12ClF3N2/c1-8-2-3-9-10(6-8)19(11(7-14)18-9)12(4-5-12)13(15,16)17/h2-3,6H,4-5,7H2,1H3. The Kier molecular flexibility index (Phi) is 2.61. The number of benzene rings is 1. The zero-order chi connectivity index (χ0) is 13.8. The van der Waals surface area contributed by atoms with Gasteiger partial charge >= 0.3 is 6.18 Å². The molecular weight excluding hydrogens is 277 g/mol. The maximum absolute atomic E-state index is 13.3. The van der Waals surface area contributed by atoms with Crippen LogP contribution in [0.1, 0.15) is 24.2 Å². The molecule has 2 aromatic rings. The summed E-state index contributed by atoms with van der Waals surface area (Å²) in [7, 11) is 0. The molecule has 0 aliphatic heterocycles. The van der Waals surface area contributed by atoms with Crippen molar-refractivity contribution in [2.45, 2.75) is 37.4 Å². The third-order valence-electron chi connectivity index (χ3n) is 3.68. The minimum atomic E-state index is -4.27. The molecule has 0 atom stereocenters. The van der Waals surface area contributed by atoms with E-state index < -0.39 is 11.7 Å². The van der Waals surface area contributed by atoms with Crippen LogP contribution in [-0.4, -0.2) is 15.7 Å². The van der Waals surface area contributed by atoms with Gasteiger partial charge in [0, 0.05) is 0 Å². The average Bonchev–Trinajstić information content (AvgIpc) is 3.05. The van der Waals surface area contributed by atoms with Crippen LogP contribution < -0.4 is 0 Å². The number of halogens is 4. The summed E-state index contributed by atoms with van der Waals surface area (Å²) in [4.78, 5) is 4.22. The first kappa shape index (κ1) is 12.8.